The molecule has 0 N–H and O–H groups in total. The number of carbonyl (C=O) groups is 2. The summed E-state index contributed by atoms with van der Waals surface area (Å²) in [5.74, 6) is -0.675. The Kier molecular flexibility index (Phi) is 8.84. The molecule has 0 saturated carbocycles. The van der Waals surface area contributed by atoms with E-state index < -0.39 is 29.4 Å². The van der Waals surface area contributed by atoms with Crippen molar-refractivity contribution in [2.75, 3.05) is 26.7 Å². The minimum absolute atomic E-state index is 0.0852. The van der Waals surface area contributed by atoms with E-state index in [9.17, 15) is 22.8 Å². The van der Waals surface area contributed by atoms with Gasteiger partial charge in [-0.1, -0.05) is 29.8 Å². The third kappa shape index (κ3) is 7.09. The Bertz CT molecular complexity index is 868. The van der Waals surface area contributed by atoms with E-state index >= 15 is 0 Å². The first-order valence-corrected chi connectivity index (χ1v) is 11.9. The minimum atomic E-state index is -4.62. The SMILES string of the molecule is COC(=O)c1cc(CN2CCN(C(=O)OC(C)(C)C)C[C@@H]2C(C)C)cc(C(F)(F)F)c1CBr. The standard InChI is InChI=1S/C23H32BrF3N2O4/c1-14(2)19-13-29(21(31)33-22(3,4)5)8-7-28(19)12-15-9-16(20(30)32-6)17(11-24)18(10-15)23(25,26)27/h9-10,14,19H,7-8,11-13H2,1-6H3/t19-/m1/s1. The lowest BCUT2D eigenvalue weighted by atomic mass is 9.95. The normalized spacial score (nSPS) is 17.9. The molecule has 0 unspecified atom stereocenters. The molecule has 10 heteroatoms. The number of ether oxygens (including phenoxy) is 2. The highest BCUT2D eigenvalue weighted by molar-refractivity contribution is 9.08. The van der Waals surface area contributed by atoms with Crippen LogP contribution in [0.2, 0.25) is 0 Å². The highest BCUT2D eigenvalue weighted by atomic mass is 79.9. The molecular formula is C23H32BrF3N2O4. The second-order valence-corrected chi connectivity index (χ2v) is 10.1. The topological polar surface area (TPSA) is 59.1 Å². The largest absolute Gasteiger partial charge is 0.465 e. The number of esters is 1. The smallest absolute Gasteiger partial charge is 0.416 e. The molecule has 0 radical (unpaired) electrons. The molecule has 1 atom stereocenters. The highest BCUT2D eigenvalue weighted by Gasteiger charge is 2.37. The van der Waals surface area contributed by atoms with Crippen molar-refractivity contribution in [1.29, 1.82) is 0 Å². The van der Waals surface area contributed by atoms with E-state index in [-0.39, 0.29) is 35.0 Å². The zero-order chi connectivity index (χ0) is 25.1. The van der Waals surface area contributed by atoms with E-state index in [2.05, 4.69) is 20.8 Å². The van der Waals surface area contributed by atoms with Crippen LogP contribution in [0.4, 0.5) is 18.0 Å². The van der Waals surface area contributed by atoms with Crippen LogP contribution in [0, 0.1) is 5.92 Å². The molecular weight excluding hydrogens is 505 g/mol. The predicted molar refractivity (Wildman–Crippen MR) is 122 cm³/mol. The van der Waals surface area contributed by atoms with Gasteiger partial charge < -0.3 is 14.4 Å². The van der Waals surface area contributed by atoms with Crippen LogP contribution in [-0.4, -0.2) is 60.2 Å². The summed E-state index contributed by atoms with van der Waals surface area (Å²) in [6.45, 7) is 10.9. The number of benzene rings is 1. The van der Waals surface area contributed by atoms with Crippen LogP contribution >= 0.6 is 15.9 Å². The van der Waals surface area contributed by atoms with Crippen LogP contribution in [0.25, 0.3) is 0 Å². The summed E-state index contributed by atoms with van der Waals surface area (Å²) < 4.78 is 51.5. The summed E-state index contributed by atoms with van der Waals surface area (Å²) in [4.78, 5) is 28.5. The van der Waals surface area contributed by atoms with Crippen molar-refractivity contribution < 1.29 is 32.2 Å². The summed E-state index contributed by atoms with van der Waals surface area (Å²) in [5.41, 5.74) is -1.35. The predicted octanol–water partition coefficient (Wildman–Crippen LogP) is 5.46. The maximum absolute atomic E-state index is 13.8. The van der Waals surface area contributed by atoms with Crippen molar-refractivity contribution in [3.8, 4) is 0 Å². The summed E-state index contributed by atoms with van der Waals surface area (Å²) in [6.07, 6.45) is -5.02. The molecule has 0 spiro atoms. The molecule has 186 valence electrons. The fourth-order valence-electron chi connectivity index (χ4n) is 3.92. The van der Waals surface area contributed by atoms with Crippen molar-refractivity contribution in [3.63, 3.8) is 0 Å². The van der Waals surface area contributed by atoms with Gasteiger partial charge in [0.25, 0.3) is 0 Å². The number of alkyl halides is 4. The average Bonchev–Trinajstić information content (AvgIpc) is 2.70. The number of nitrogens with zero attached hydrogens (tertiary/aromatic N) is 2. The van der Waals surface area contributed by atoms with Crippen LogP contribution in [0.5, 0.6) is 0 Å². The van der Waals surface area contributed by atoms with Crippen molar-refractivity contribution >= 4 is 28.0 Å². The molecule has 0 aromatic heterocycles. The van der Waals surface area contributed by atoms with E-state index in [0.29, 0.717) is 25.2 Å². The molecule has 1 amide bonds. The molecule has 1 saturated heterocycles. The zero-order valence-corrected chi connectivity index (χ0v) is 21.5. The summed E-state index contributed by atoms with van der Waals surface area (Å²) >= 11 is 3.07. The molecule has 33 heavy (non-hydrogen) atoms. The molecule has 1 heterocycles. The first kappa shape index (κ1) is 27.4. The van der Waals surface area contributed by atoms with Gasteiger partial charge in [-0.2, -0.15) is 13.2 Å². The van der Waals surface area contributed by atoms with Gasteiger partial charge in [0.15, 0.2) is 0 Å². The lowest BCUT2D eigenvalue weighted by molar-refractivity contribution is -0.138. The van der Waals surface area contributed by atoms with E-state index in [4.69, 9.17) is 9.47 Å². The quantitative estimate of drug-likeness (QED) is 0.369. The molecule has 0 aliphatic carbocycles. The Labute approximate surface area is 201 Å². The molecule has 1 aliphatic heterocycles. The summed E-state index contributed by atoms with van der Waals surface area (Å²) in [6, 6.07) is 2.48. The summed E-state index contributed by atoms with van der Waals surface area (Å²) in [5, 5.41) is -0.129. The lowest BCUT2D eigenvalue weighted by Crippen LogP contribution is -2.56. The average molecular weight is 537 g/mol. The van der Waals surface area contributed by atoms with Gasteiger partial charge in [-0.3, -0.25) is 4.90 Å². The number of hydrogen-bond donors (Lipinski definition) is 0. The first-order valence-electron chi connectivity index (χ1n) is 10.8. The highest BCUT2D eigenvalue weighted by Crippen LogP contribution is 2.36. The second-order valence-electron chi connectivity index (χ2n) is 9.50. The van der Waals surface area contributed by atoms with Gasteiger partial charge in [0, 0.05) is 37.6 Å². The molecule has 1 fully saturated rings. The fraction of sp³-hybridized carbons (Fsp3) is 0.652. The number of piperazine rings is 1. The van der Waals surface area contributed by atoms with E-state index in [1.807, 2.05) is 13.8 Å². The van der Waals surface area contributed by atoms with Gasteiger partial charge in [-0.15, -0.1) is 0 Å². The molecule has 1 aromatic carbocycles. The van der Waals surface area contributed by atoms with Crippen molar-refractivity contribution in [2.45, 2.75) is 64.3 Å². The maximum Gasteiger partial charge on any atom is 0.416 e. The third-order valence-corrected chi connectivity index (χ3v) is 6.06. The van der Waals surface area contributed by atoms with Gasteiger partial charge in [-0.25, -0.2) is 9.59 Å². The van der Waals surface area contributed by atoms with Crippen LogP contribution in [-0.2, 0) is 27.5 Å². The third-order valence-electron chi connectivity index (χ3n) is 5.49. The number of halogens is 4. The number of hydrogen-bond acceptors (Lipinski definition) is 5. The maximum atomic E-state index is 13.8. The van der Waals surface area contributed by atoms with Gasteiger partial charge in [0.05, 0.1) is 18.2 Å². The zero-order valence-electron chi connectivity index (χ0n) is 19.9. The molecule has 6 nitrogen and oxygen atoms in total. The molecule has 2 rings (SSSR count). The first-order chi connectivity index (χ1) is 15.2. The van der Waals surface area contributed by atoms with Gasteiger partial charge in [-0.05, 0) is 49.9 Å². The fourth-order valence-corrected chi connectivity index (χ4v) is 4.52. The number of carbonyl (C=O) groups excluding carboxylic acids is 2. The number of methoxy groups -OCH3 is 1. The monoisotopic (exact) mass is 536 g/mol. The van der Waals surface area contributed by atoms with Crippen LogP contribution in [0.1, 0.15) is 61.7 Å². The number of amides is 1. The number of rotatable bonds is 5. The Balaban J connectivity index is 2.35. The Morgan fingerprint density at radius 3 is 2.30 bits per heavy atom. The minimum Gasteiger partial charge on any atom is -0.465 e. The van der Waals surface area contributed by atoms with E-state index in [1.54, 1.807) is 25.7 Å². The van der Waals surface area contributed by atoms with Crippen molar-refractivity contribution in [3.05, 3.63) is 34.4 Å². The molecule has 0 bridgehead atoms. The Morgan fingerprint density at radius 1 is 1.18 bits per heavy atom. The van der Waals surface area contributed by atoms with Crippen LogP contribution in [0.3, 0.4) is 0 Å². The van der Waals surface area contributed by atoms with Gasteiger partial charge in [0.1, 0.15) is 5.60 Å². The van der Waals surface area contributed by atoms with Crippen molar-refractivity contribution in [1.82, 2.24) is 9.80 Å². The van der Waals surface area contributed by atoms with Gasteiger partial charge >= 0.3 is 18.2 Å². The molecule has 1 aromatic rings. The second kappa shape index (κ2) is 10.6. The Hall–Kier alpha value is -1.81. The lowest BCUT2D eigenvalue weighted by Gasteiger charge is -2.43. The van der Waals surface area contributed by atoms with E-state index in [1.165, 1.54) is 6.07 Å². The van der Waals surface area contributed by atoms with E-state index in [0.717, 1.165) is 13.2 Å². The summed E-state index contributed by atoms with van der Waals surface area (Å²) in [7, 11) is 1.14. The van der Waals surface area contributed by atoms with Crippen molar-refractivity contribution in [2.24, 2.45) is 5.92 Å². The van der Waals surface area contributed by atoms with Gasteiger partial charge in [0.2, 0.25) is 0 Å². The Morgan fingerprint density at radius 2 is 1.82 bits per heavy atom. The van der Waals surface area contributed by atoms with Crippen LogP contribution in [0.15, 0.2) is 12.1 Å². The molecule has 1 aliphatic rings. The van der Waals surface area contributed by atoms with Crippen LogP contribution < -0.4 is 0 Å².